The van der Waals surface area contributed by atoms with E-state index in [9.17, 15) is 5.11 Å². The van der Waals surface area contributed by atoms with Gasteiger partial charge in [-0.25, -0.2) is 4.98 Å². The molecule has 0 saturated heterocycles. The van der Waals surface area contributed by atoms with E-state index in [1.54, 1.807) is 49.8 Å². The first kappa shape index (κ1) is 10.6. The normalized spacial score (nSPS) is 12.1. The molecule has 0 unspecified atom stereocenters. The van der Waals surface area contributed by atoms with E-state index in [2.05, 4.69) is 9.97 Å². The van der Waals surface area contributed by atoms with Crippen LogP contribution in [0.3, 0.4) is 0 Å². The summed E-state index contributed by atoms with van der Waals surface area (Å²) in [6.07, 6.45) is 4.28. The Hall–Kier alpha value is -1.94. The van der Waals surface area contributed by atoms with Crippen molar-refractivity contribution in [1.29, 1.82) is 0 Å². The minimum atomic E-state index is -0.611. The molecule has 4 nitrogen and oxygen atoms in total. The highest BCUT2D eigenvalue weighted by atomic mass is 16.5. The highest BCUT2D eigenvalue weighted by Crippen LogP contribution is 2.26. The molecule has 0 radical (unpaired) electrons. The standard InChI is InChI=1S/C12H12N2O2/c1-9(15)11-5-3-7-14-12(11)16-10-4-2-6-13-8-10/h2-9,15H,1H3/t9-/m1/s1. The average molecular weight is 216 g/mol. The maximum absolute atomic E-state index is 9.55. The molecule has 2 aromatic rings. The van der Waals surface area contributed by atoms with Gasteiger partial charge in [-0.15, -0.1) is 0 Å². The topological polar surface area (TPSA) is 55.2 Å². The van der Waals surface area contributed by atoms with Gasteiger partial charge in [0.25, 0.3) is 0 Å². The summed E-state index contributed by atoms with van der Waals surface area (Å²) in [7, 11) is 0. The number of hydrogen-bond acceptors (Lipinski definition) is 4. The Balaban J connectivity index is 2.28. The number of aliphatic hydroxyl groups excluding tert-OH is 1. The second-order valence-electron chi connectivity index (χ2n) is 3.36. The Kier molecular flexibility index (Phi) is 3.12. The molecular formula is C12H12N2O2. The van der Waals surface area contributed by atoms with Gasteiger partial charge < -0.3 is 9.84 Å². The van der Waals surface area contributed by atoms with Gasteiger partial charge in [0.05, 0.1) is 12.3 Å². The monoisotopic (exact) mass is 216 g/mol. The smallest absolute Gasteiger partial charge is 0.225 e. The number of hydrogen-bond donors (Lipinski definition) is 1. The summed E-state index contributed by atoms with van der Waals surface area (Å²) in [5.74, 6) is 1.01. The van der Waals surface area contributed by atoms with Gasteiger partial charge in [0.15, 0.2) is 0 Å². The van der Waals surface area contributed by atoms with Gasteiger partial charge in [-0.05, 0) is 31.2 Å². The lowest BCUT2D eigenvalue weighted by atomic mass is 10.2. The number of ether oxygens (including phenoxy) is 1. The number of aromatic nitrogens is 2. The van der Waals surface area contributed by atoms with E-state index in [0.717, 1.165) is 0 Å². The first-order valence-corrected chi connectivity index (χ1v) is 4.98. The summed E-state index contributed by atoms with van der Waals surface area (Å²) in [4.78, 5) is 8.03. The molecule has 0 bridgehead atoms. The highest BCUT2D eigenvalue weighted by Gasteiger charge is 2.10. The molecule has 0 spiro atoms. The quantitative estimate of drug-likeness (QED) is 0.855. The van der Waals surface area contributed by atoms with E-state index in [0.29, 0.717) is 17.2 Å². The summed E-state index contributed by atoms with van der Waals surface area (Å²) in [5.41, 5.74) is 0.659. The SMILES string of the molecule is C[C@@H](O)c1cccnc1Oc1cccnc1. The summed E-state index contributed by atoms with van der Waals surface area (Å²) in [5, 5.41) is 9.55. The van der Waals surface area contributed by atoms with Crippen LogP contribution in [0.4, 0.5) is 0 Å². The van der Waals surface area contributed by atoms with Crippen LogP contribution in [0.1, 0.15) is 18.6 Å². The van der Waals surface area contributed by atoms with Crippen molar-refractivity contribution in [1.82, 2.24) is 9.97 Å². The van der Waals surface area contributed by atoms with Gasteiger partial charge in [-0.3, -0.25) is 4.98 Å². The van der Waals surface area contributed by atoms with E-state index in [-0.39, 0.29) is 0 Å². The van der Waals surface area contributed by atoms with Crippen LogP contribution in [0, 0.1) is 0 Å². The number of aliphatic hydroxyl groups is 1. The number of rotatable bonds is 3. The van der Waals surface area contributed by atoms with E-state index in [1.807, 2.05) is 0 Å². The third-order valence-electron chi connectivity index (χ3n) is 2.10. The third-order valence-corrected chi connectivity index (χ3v) is 2.10. The first-order chi connectivity index (χ1) is 7.77. The van der Waals surface area contributed by atoms with Crippen LogP contribution in [-0.2, 0) is 0 Å². The second-order valence-corrected chi connectivity index (χ2v) is 3.36. The van der Waals surface area contributed by atoms with Crippen molar-refractivity contribution in [2.45, 2.75) is 13.0 Å². The molecule has 0 aliphatic rings. The molecule has 4 heteroatoms. The predicted molar refractivity (Wildman–Crippen MR) is 59.2 cm³/mol. The van der Waals surface area contributed by atoms with Crippen molar-refractivity contribution in [2.24, 2.45) is 0 Å². The zero-order chi connectivity index (χ0) is 11.4. The number of pyridine rings is 2. The summed E-state index contributed by atoms with van der Waals surface area (Å²) >= 11 is 0. The summed E-state index contributed by atoms with van der Waals surface area (Å²) in [6, 6.07) is 7.11. The van der Waals surface area contributed by atoms with E-state index < -0.39 is 6.10 Å². The summed E-state index contributed by atoms with van der Waals surface area (Å²) < 4.78 is 5.54. The lowest BCUT2D eigenvalue weighted by Gasteiger charge is -2.10. The molecule has 0 aromatic carbocycles. The van der Waals surface area contributed by atoms with Crippen molar-refractivity contribution in [3.05, 3.63) is 48.4 Å². The molecule has 0 amide bonds. The molecule has 1 N–H and O–H groups in total. The van der Waals surface area contributed by atoms with Gasteiger partial charge in [0.2, 0.25) is 5.88 Å². The molecule has 1 atom stereocenters. The molecular weight excluding hydrogens is 204 g/mol. The van der Waals surface area contributed by atoms with Crippen LogP contribution in [0.5, 0.6) is 11.6 Å². The molecule has 16 heavy (non-hydrogen) atoms. The van der Waals surface area contributed by atoms with Crippen molar-refractivity contribution in [3.63, 3.8) is 0 Å². The third kappa shape index (κ3) is 2.35. The molecule has 2 aromatic heterocycles. The van der Waals surface area contributed by atoms with Gasteiger partial charge in [0, 0.05) is 18.0 Å². The molecule has 2 rings (SSSR count). The van der Waals surface area contributed by atoms with Crippen molar-refractivity contribution >= 4 is 0 Å². The molecule has 2 heterocycles. The van der Waals surface area contributed by atoms with Crippen LogP contribution >= 0.6 is 0 Å². The van der Waals surface area contributed by atoms with E-state index in [1.165, 1.54) is 0 Å². The lowest BCUT2D eigenvalue weighted by molar-refractivity contribution is 0.194. The first-order valence-electron chi connectivity index (χ1n) is 4.98. The average Bonchev–Trinajstić information content (AvgIpc) is 2.31. The zero-order valence-electron chi connectivity index (χ0n) is 8.87. The Morgan fingerprint density at radius 2 is 2.06 bits per heavy atom. The van der Waals surface area contributed by atoms with Gasteiger partial charge >= 0.3 is 0 Å². The Bertz CT molecular complexity index is 458. The van der Waals surface area contributed by atoms with E-state index in [4.69, 9.17) is 4.74 Å². The lowest BCUT2D eigenvalue weighted by Crippen LogP contribution is -1.98. The van der Waals surface area contributed by atoms with Crippen molar-refractivity contribution in [3.8, 4) is 11.6 Å². The maximum Gasteiger partial charge on any atom is 0.225 e. The largest absolute Gasteiger partial charge is 0.437 e. The Morgan fingerprint density at radius 1 is 1.25 bits per heavy atom. The van der Waals surface area contributed by atoms with Gasteiger partial charge in [-0.1, -0.05) is 0 Å². The highest BCUT2D eigenvalue weighted by molar-refractivity contribution is 5.31. The minimum absolute atomic E-state index is 0.408. The van der Waals surface area contributed by atoms with Crippen LogP contribution in [0.25, 0.3) is 0 Å². The second kappa shape index (κ2) is 4.72. The van der Waals surface area contributed by atoms with Crippen LogP contribution in [-0.4, -0.2) is 15.1 Å². The number of nitrogens with zero attached hydrogens (tertiary/aromatic N) is 2. The predicted octanol–water partition coefficient (Wildman–Crippen LogP) is 2.32. The zero-order valence-corrected chi connectivity index (χ0v) is 8.87. The van der Waals surface area contributed by atoms with Gasteiger partial charge in [-0.2, -0.15) is 0 Å². The fourth-order valence-electron chi connectivity index (χ4n) is 1.33. The van der Waals surface area contributed by atoms with Crippen LogP contribution in [0.2, 0.25) is 0 Å². The fourth-order valence-corrected chi connectivity index (χ4v) is 1.33. The van der Waals surface area contributed by atoms with Gasteiger partial charge in [0.1, 0.15) is 5.75 Å². The molecule has 0 aliphatic carbocycles. The van der Waals surface area contributed by atoms with Crippen molar-refractivity contribution < 1.29 is 9.84 Å². The maximum atomic E-state index is 9.55. The minimum Gasteiger partial charge on any atom is -0.437 e. The fraction of sp³-hybridized carbons (Fsp3) is 0.167. The molecule has 0 aliphatic heterocycles. The van der Waals surface area contributed by atoms with Crippen LogP contribution < -0.4 is 4.74 Å². The Labute approximate surface area is 93.6 Å². The molecule has 82 valence electrons. The molecule has 0 saturated carbocycles. The summed E-state index contributed by atoms with van der Waals surface area (Å²) in [6.45, 7) is 1.67. The van der Waals surface area contributed by atoms with E-state index >= 15 is 0 Å². The Morgan fingerprint density at radius 3 is 2.75 bits per heavy atom. The van der Waals surface area contributed by atoms with Crippen LogP contribution in [0.15, 0.2) is 42.9 Å². The molecule has 0 fully saturated rings. The van der Waals surface area contributed by atoms with Crippen molar-refractivity contribution in [2.75, 3.05) is 0 Å².